The van der Waals surface area contributed by atoms with Gasteiger partial charge in [0, 0.05) is 12.5 Å². The van der Waals surface area contributed by atoms with Crippen molar-refractivity contribution in [1.82, 2.24) is 5.32 Å². The van der Waals surface area contributed by atoms with Gasteiger partial charge in [-0.3, -0.25) is 4.79 Å². The third-order valence-corrected chi connectivity index (χ3v) is 2.86. The van der Waals surface area contributed by atoms with Gasteiger partial charge in [0.1, 0.15) is 0 Å². The van der Waals surface area contributed by atoms with Gasteiger partial charge >= 0.3 is 0 Å². The molecular weight excluding hydrogens is 162 g/mol. The fourth-order valence-corrected chi connectivity index (χ4v) is 2.06. The van der Waals surface area contributed by atoms with Crippen LogP contribution in [-0.2, 0) is 4.79 Å². The molecule has 1 aliphatic carbocycles. The summed E-state index contributed by atoms with van der Waals surface area (Å²) in [6.07, 6.45) is 5.76. The molecule has 2 nitrogen and oxygen atoms in total. The predicted octanol–water partition coefficient (Wildman–Crippen LogP) is 2.34. The number of rotatable bonds is 3. The molecule has 0 saturated heterocycles. The molecule has 2 unspecified atom stereocenters. The molecule has 0 aromatic heterocycles. The monoisotopic (exact) mass is 183 g/mol. The van der Waals surface area contributed by atoms with Crippen LogP contribution in [0, 0.1) is 11.8 Å². The second kappa shape index (κ2) is 5.25. The Kier molecular flexibility index (Phi) is 4.26. The summed E-state index contributed by atoms with van der Waals surface area (Å²) in [4.78, 5) is 11.6. The maximum absolute atomic E-state index is 11.6. The highest BCUT2D eigenvalue weighted by molar-refractivity contribution is 5.78. The Labute approximate surface area is 81.1 Å². The van der Waals surface area contributed by atoms with Crippen LogP contribution >= 0.6 is 0 Å². The molecule has 0 heterocycles. The largest absolute Gasteiger partial charge is 0.356 e. The van der Waals surface area contributed by atoms with E-state index in [0.717, 1.165) is 31.7 Å². The van der Waals surface area contributed by atoms with E-state index in [1.165, 1.54) is 12.8 Å². The summed E-state index contributed by atoms with van der Waals surface area (Å²) in [5, 5.41) is 2.98. The molecule has 1 rings (SSSR count). The van der Waals surface area contributed by atoms with Gasteiger partial charge in [-0.25, -0.2) is 0 Å². The molecular formula is C11H21NO. The summed E-state index contributed by atoms with van der Waals surface area (Å²) in [6.45, 7) is 5.17. The molecule has 1 aliphatic rings. The van der Waals surface area contributed by atoms with Crippen molar-refractivity contribution >= 4 is 5.91 Å². The van der Waals surface area contributed by atoms with Gasteiger partial charge < -0.3 is 5.32 Å². The third-order valence-electron chi connectivity index (χ3n) is 2.86. The van der Waals surface area contributed by atoms with E-state index in [1.807, 2.05) is 0 Å². The van der Waals surface area contributed by atoms with Gasteiger partial charge in [0.05, 0.1) is 0 Å². The molecule has 0 spiro atoms. The number of carbonyl (C=O) groups is 1. The minimum absolute atomic E-state index is 0.286. The van der Waals surface area contributed by atoms with Gasteiger partial charge in [-0.15, -0.1) is 0 Å². The average molecular weight is 183 g/mol. The Balaban J connectivity index is 2.28. The number of nitrogens with one attached hydrogen (secondary N) is 1. The number of hydrogen-bond acceptors (Lipinski definition) is 1. The van der Waals surface area contributed by atoms with Crippen molar-refractivity contribution in [3.8, 4) is 0 Å². The molecule has 0 bridgehead atoms. The van der Waals surface area contributed by atoms with Crippen LogP contribution in [0.5, 0.6) is 0 Å². The molecule has 13 heavy (non-hydrogen) atoms. The molecule has 1 saturated carbocycles. The van der Waals surface area contributed by atoms with Gasteiger partial charge in [-0.2, -0.15) is 0 Å². The lowest BCUT2D eigenvalue weighted by Crippen LogP contribution is -2.33. The van der Waals surface area contributed by atoms with Crippen LogP contribution in [0.4, 0.5) is 0 Å². The number of carbonyl (C=O) groups excluding carboxylic acids is 1. The Morgan fingerprint density at radius 2 is 2.23 bits per heavy atom. The number of hydrogen-bond donors (Lipinski definition) is 1. The molecule has 2 heteroatoms. The fourth-order valence-electron chi connectivity index (χ4n) is 2.06. The maximum atomic E-state index is 11.6. The first-order valence-corrected chi connectivity index (χ1v) is 5.51. The van der Waals surface area contributed by atoms with Crippen molar-refractivity contribution in [3.05, 3.63) is 0 Å². The first kappa shape index (κ1) is 10.6. The summed E-state index contributed by atoms with van der Waals surface area (Å²) < 4.78 is 0. The average Bonchev–Trinajstić information content (AvgIpc) is 2.14. The molecule has 0 radical (unpaired) electrons. The standard InChI is InChI=1S/C11H21NO/c1-3-7-12-11(13)10-6-4-5-9(2)8-10/h9-10H,3-8H2,1-2H3,(H,12,13). The normalized spacial score (nSPS) is 28.5. The van der Waals surface area contributed by atoms with Crippen LogP contribution < -0.4 is 5.32 Å². The van der Waals surface area contributed by atoms with Crippen molar-refractivity contribution in [2.45, 2.75) is 46.0 Å². The molecule has 0 aromatic carbocycles. The molecule has 2 atom stereocenters. The van der Waals surface area contributed by atoms with E-state index in [1.54, 1.807) is 0 Å². The Bertz CT molecular complexity index is 167. The summed E-state index contributed by atoms with van der Waals surface area (Å²) in [6, 6.07) is 0. The highest BCUT2D eigenvalue weighted by Gasteiger charge is 2.24. The highest BCUT2D eigenvalue weighted by Crippen LogP contribution is 2.28. The summed E-state index contributed by atoms with van der Waals surface area (Å²) in [5.74, 6) is 1.33. The van der Waals surface area contributed by atoms with Crippen LogP contribution in [0.2, 0.25) is 0 Å². The second-order valence-corrected chi connectivity index (χ2v) is 4.26. The Morgan fingerprint density at radius 3 is 2.85 bits per heavy atom. The van der Waals surface area contributed by atoms with E-state index in [9.17, 15) is 4.79 Å². The number of amides is 1. The zero-order chi connectivity index (χ0) is 9.68. The lowest BCUT2D eigenvalue weighted by Gasteiger charge is -2.25. The van der Waals surface area contributed by atoms with E-state index < -0.39 is 0 Å². The van der Waals surface area contributed by atoms with Gasteiger partial charge in [-0.1, -0.05) is 26.7 Å². The molecule has 0 aliphatic heterocycles. The van der Waals surface area contributed by atoms with Gasteiger partial charge in [0.15, 0.2) is 0 Å². The first-order valence-electron chi connectivity index (χ1n) is 5.51. The smallest absolute Gasteiger partial charge is 0.223 e. The van der Waals surface area contributed by atoms with Crippen LogP contribution in [0.1, 0.15) is 46.0 Å². The molecule has 1 N–H and O–H groups in total. The van der Waals surface area contributed by atoms with E-state index in [4.69, 9.17) is 0 Å². The van der Waals surface area contributed by atoms with E-state index >= 15 is 0 Å². The SMILES string of the molecule is CCCNC(=O)C1CCCC(C)C1. The first-order chi connectivity index (χ1) is 6.24. The summed E-state index contributed by atoms with van der Waals surface area (Å²) in [5.41, 5.74) is 0. The predicted molar refractivity (Wildman–Crippen MR) is 54.4 cm³/mol. The van der Waals surface area contributed by atoms with Crippen LogP contribution in [0.25, 0.3) is 0 Å². The fraction of sp³-hybridized carbons (Fsp3) is 0.909. The minimum Gasteiger partial charge on any atom is -0.356 e. The van der Waals surface area contributed by atoms with E-state index in [0.29, 0.717) is 5.92 Å². The Morgan fingerprint density at radius 1 is 1.46 bits per heavy atom. The third kappa shape index (κ3) is 3.37. The van der Waals surface area contributed by atoms with Crippen molar-refractivity contribution < 1.29 is 4.79 Å². The van der Waals surface area contributed by atoms with E-state index in [2.05, 4.69) is 19.2 Å². The topological polar surface area (TPSA) is 29.1 Å². The van der Waals surface area contributed by atoms with Crippen molar-refractivity contribution in [2.75, 3.05) is 6.54 Å². The zero-order valence-corrected chi connectivity index (χ0v) is 8.81. The van der Waals surface area contributed by atoms with Gasteiger partial charge in [0.25, 0.3) is 0 Å². The lowest BCUT2D eigenvalue weighted by molar-refractivity contribution is -0.126. The van der Waals surface area contributed by atoms with Crippen molar-refractivity contribution in [2.24, 2.45) is 11.8 Å². The van der Waals surface area contributed by atoms with Crippen molar-refractivity contribution in [1.29, 1.82) is 0 Å². The van der Waals surface area contributed by atoms with Gasteiger partial charge in [0.2, 0.25) is 5.91 Å². The van der Waals surface area contributed by atoms with Crippen molar-refractivity contribution in [3.63, 3.8) is 0 Å². The van der Waals surface area contributed by atoms with Crippen LogP contribution in [0.15, 0.2) is 0 Å². The van der Waals surface area contributed by atoms with E-state index in [-0.39, 0.29) is 5.91 Å². The van der Waals surface area contributed by atoms with Crippen LogP contribution in [0.3, 0.4) is 0 Å². The molecule has 1 amide bonds. The summed E-state index contributed by atoms with van der Waals surface area (Å²) >= 11 is 0. The zero-order valence-electron chi connectivity index (χ0n) is 8.81. The maximum Gasteiger partial charge on any atom is 0.223 e. The van der Waals surface area contributed by atoms with Crippen LogP contribution in [-0.4, -0.2) is 12.5 Å². The molecule has 0 aromatic rings. The summed E-state index contributed by atoms with van der Waals surface area (Å²) in [7, 11) is 0. The lowest BCUT2D eigenvalue weighted by atomic mass is 9.82. The highest BCUT2D eigenvalue weighted by atomic mass is 16.1. The Hall–Kier alpha value is -0.530. The molecule has 1 fully saturated rings. The quantitative estimate of drug-likeness (QED) is 0.715. The molecule has 76 valence electrons. The van der Waals surface area contributed by atoms with Gasteiger partial charge in [-0.05, 0) is 25.2 Å². The second-order valence-electron chi connectivity index (χ2n) is 4.26. The minimum atomic E-state index is 0.286.